The molecule has 0 unspecified atom stereocenters. The highest BCUT2D eigenvalue weighted by molar-refractivity contribution is 5.94. The standard InChI is InChI=1S/C19H23FN4O2/c1-14(15-6-8-16(20)9-7-15)13-18(25)21-10-4-12-24-19(26)23-11-3-2-5-17(23)22-24/h6-9,13H,2-5,10-12H2,1H3,(H,21,25)/b14-13-. The van der Waals surface area contributed by atoms with Crippen molar-refractivity contribution < 1.29 is 9.18 Å². The Kier molecular flexibility index (Phi) is 5.65. The van der Waals surface area contributed by atoms with Crippen molar-refractivity contribution in [3.63, 3.8) is 0 Å². The molecule has 138 valence electrons. The van der Waals surface area contributed by atoms with Gasteiger partial charge < -0.3 is 5.32 Å². The summed E-state index contributed by atoms with van der Waals surface area (Å²) in [5.74, 6) is 0.355. The lowest BCUT2D eigenvalue weighted by atomic mass is 10.1. The summed E-state index contributed by atoms with van der Waals surface area (Å²) in [7, 11) is 0. The van der Waals surface area contributed by atoms with Crippen molar-refractivity contribution in [2.45, 2.75) is 45.7 Å². The molecule has 0 atom stereocenters. The Hall–Kier alpha value is -2.70. The van der Waals surface area contributed by atoms with E-state index in [1.54, 1.807) is 16.7 Å². The lowest BCUT2D eigenvalue weighted by Crippen LogP contribution is -2.29. The molecule has 0 bridgehead atoms. The van der Waals surface area contributed by atoms with Gasteiger partial charge >= 0.3 is 5.69 Å². The number of carbonyl (C=O) groups is 1. The Labute approximate surface area is 151 Å². The fourth-order valence-electron chi connectivity index (χ4n) is 3.08. The molecule has 6 nitrogen and oxygen atoms in total. The normalized spacial score (nSPS) is 14.2. The summed E-state index contributed by atoms with van der Waals surface area (Å²) in [6, 6.07) is 6.02. The number of aromatic nitrogens is 3. The second kappa shape index (κ2) is 8.12. The number of benzene rings is 1. The molecule has 0 fully saturated rings. The van der Waals surface area contributed by atoms with Crippen LogP contribution in [0, 0.1) is 5.82 Å². The van der Waals surface area contributed by atoms with Crippen molar-refractivity contribution in [3.8, 4) is 0 Å². The third kappa shape index (κ3) is 4.28. The molecule has 2 aromatic rings. The van der Waals surface area contributed by atoms with E-state index in [0.717, 1.165) is 42.8 Å². The molecule has 26 heavy (non-hydrogen) atoms. The van der Waals surface area contributed by atoms with Crippen molar-refractivity contribution in [1.29, 1.82) is 0 Å². The minimum atomic E-state index is -0.304. The van der Waals surface area contributed by atoms with Gasteiger partial charge in [0.05, 0.1) is 0 Å². The maximum atomic E-state index is 12.9. The van der Waals surface area contributed by atoms with E-state index in [4.69, 9.17) is 0 Å². The summed E-state index contributed by atoms with van der Waals surface area (Å²) in [4.78, 5) is 24.2. The number of fused-ring (bicyclic) bond motifs is 1. The molecule has 1 aliphatic rings. The molecule has 1 aromatic heterocycles. The largest absolute Gasteiger partial charge is 0.352 e. The van der Waals surface area contributed by atoms with Gasteiger partial charge in [-0.2, -0.15) is 5.10 Å². The molecule has 0 spiro atoms. The molecule has 7 heteroatoms. The first-order valence-corrected chi connectivity index (χ1v) is 8.93. The van der Waals surface area contributed by atoms with Crippen LogP contribution in [-0.4, -0.2) is 26.8 Å². The van der Waals surface area contributed by atoms with Gasteiger partial charge in [-0.1, -0.05) is 12.1 Å². The number of carbonyl (C=O) groups excluding carboxylic acids is 1. The van der Waals surface area contributed by atoms with E-state index in [2.05, 4.69) is 10.4 Å². The Balaban J connectivity index is 1.48. The van der Waals surface area contributed by atoms with Gasteiger partial charge in [-0.05, 0) is 49.5 Å². The Morgan fingerprint density at radius 3 is 2.81 bits per heavy atom. The number of halogens is 1. The molecule has 1 aliphatic heterocycles. The van der Waals surface area contributed by atoms with Crippen LogP contribution in [0.1, 0.15) is 37.6 Å². The summed E-state index contributed by atoms with van der Waals surface area (Å²) in [6.45, 7) is 3.50. The fourth-order valence-corrected chi connectivity index (χ4v) is 3.08. The second-order valence-corrected chi connectivity index (χ2v) is 6.51. The van der Waals surface area contributed by atoms with E-state index in [-0.39, 0.29) is 17.4 Å². The van der Waals surface area contributed by atoms with Gasteiger partial charge in [0.2, 0.25) is 5.91 Å². The van der Waals surface area contributed by atoms with Gasteiger partial charge in [0.1, 0.15) is 11.6 Å². The molecule has 0 saturated heterocycles. The predicted octanol–water partition coefficient (Wildman–Crippen LogP) is 2.13. The van der Waals surface area contributed by atoms with E-state index < -0.39 is 0 Å². The molecule has 1 N–H and O–H groups in total. The van der Waals surface area contributed by atoms with Crippen LogP contribution in [0.4, 0.5) is 4.39 Å². The average molecular weight is 358 g/mol. The topological polar surface area (TPSA) is 68.9 Å². The van der Waals surface area contributed by atoms with Crippen LogP contribution in [0.2, 0.25) is 0 Å². The van der Waals surface area contributed by atoms with Crippen LogP contribution in [0.3, 0.4) is 0 Å². The first-order chi connectivity index (χ1) is 12.5. The Morgan fingerprint density at radius 1 is 1.31 bits per heavy atom. The second-order valence-electron chi connectivity index (χ2n) is 6.51. The van der Waals surface area contributed by atoms with E-state index in [0.29, 0.717) is 19.5 Å². The first kappa shape index (κ1) is 18.1. The zero-order valence-corrected chi connectivity index (χ0v) is 14.9. The average Bonchev–Trinajstić information content (AvgIpc) is 2.95. The number of hydrogen-bond donors (Lipinski definition) is 1. The van der Waals surface area contributed by atoms with Crippen molar-refractivity contribution in [1.82, 2.24) is 19.7 Å². The fraction of sp³-hybridized carbons (Fsp3) is 0.421. The Morgan fingerprint density at radius 2 is 2.08 bits per heavy atom. The maximum Gasteiger partial charge on any atom is 0.345 e. The summed E-state index contributed by atoms with van der Waals surface area (Å²) in [5.41, 5.74) is 1.51. The minimum Gasteiger partial charge on any atom is -0.352 e. The van der Waals surface area contributed by atoms with Crippen LogP contribution in [0.25, 0.3) is 5.57 Å². The van der Waals surface area contributed by atoms with E-state index in [1.807, 2.05) is 6.92 Å². The monoisotopic (exact) mass is 358 g/mol. The van der Waals surface area contributed by atoms with E-state index >= 15 is 0 Å². The molecule has 0 aliphatic carbocycles. The van der Waals surface area contributed by atoms with Gasteiger partial charge in [0.25, 0.3) is 0 Å². The van der Waals surface area contributed by atoms with E-state index in [9.17, 15) is 14.0 Å². The number of amides is 1. The number of nitrogens with one attached hydrogen (secondary N) is 1. The molecule has 0 radical (unpaired) electrons. The minimum absolute atomic E-state index is 0.0573. The van der Waals surface area contributed by atoms with Gasteiger partial charge in [0.15, 0.2) is 0 Å². The first-order valence-electron chi connectivity index (χ1n) is 8.93. The summed E-state index contributed by atoms with van der Waals surface area (Å²) in [5, 5.41) is 7.18. The highest BCUT2D eigenvalue weighted by atomic mass is 19.1. The van der Waals surface area contributed by atoms with Crippen LogP contribution < -0.4 is 11.0 Å². The van der Waals surface area contributed by atoms with Crippen LogP contribution >= 0.6 is 0 Å². The summed E-state index contributed by atoms with van der Waals surface area (Å²) >= 11 is 0. The molecular formula is C19H23FN4O2. The number of hydrogen-bond acceptors (Lipinski definition) is 3. The zero-order valence-electron chi connectivity index (χ0n) is 14.9. The predicted molar refractivity (Wildman–Crippen MR) is 97.1 cm³/mol. The molecule has 0 saturated carbocycles. The van der Waals surface area contributed by atoms with Crippen LogP contribution in [-0.2, 0) is 24.3 Å². The van der Waals surface area contributed by atoms with Crippen molar-refractivity contribution >= 4 is 11.5 Å². The van der Waals surface area contributed by atoms with Crippen molar-refractivity contribution in [3.05, 3.63) is 58.0 Å². The van der Waals surface area contributed by atoms with Gasteiger partial charge in [-0.3, -0.25) is 9.36 Å². The maximum absolute atomic E-state index is 12.9. The SMILES string of the molecule is C/C(=C/C(=O)NCCCn1nc2n(c1=O)CCCC2)c1ccc(F)cc1. The number of allylic oxidation sites excluding steroid dienone is 1. The van der Waals surface area contributed by atoms with Crippen LogP contribution in [0.5, 0.6) is 0 Å². The molecule has 2 heterocycles. The lowest BCUT2D eigenvalue weighted by molar-refractivity contribution is -0.116. The third-order valence-electron chi connectivity index (χ3n) is 4.52. The van der Waals surface area contributed by atoms with Gasteiger partial charge in [-0.15, -0.1) is 0 Å². The molecule has 1 amide bonds. The number of nitrogens with zero attached hydrogens (tertiary/aromatic N) is 3. The zero-order chi connectivity index (χ0) is 18.5. The highest BCUT2D eigenvalue weighted by Gasteiger charge is 2.16. The quantitative estimate of drug-likeness (QED) is 0.635. The third-order valence-corrected chi connectivity index (χ3v) is 4.52. The number of rotatable bonds is 6. The van der Waals surface area contributed by atoms with Gasteiger partial charge in [0, 0.05) is 32.1 Å². The van der Waals surface area contributed by atoms with Crippen molar-refractivity contribution in [2.75, 3.05) is 6.54 Å². The number of aryl methyl sites for hydroxylation is 2. The summed E-state index contributed by atoms with van der Waals surface area (Å²) < 4.78 is 16.2. The van der Waals surface area contributed by atoms with Crippen molar-refractivity contribution in [2.24, 2.45) is 0 Å². The van der Waals surface area contributed by atoms with Crippen LogP contribution in [0.15, 0.2) is 35.1 Å². The molecule has 3 rings (SSSR count). The highest BCUT2D eigenvalue weighted by Crippen LogP contribution is 2.13. The Bertz CT molecular complexity index is 865. The smallest absolute Gasteiger partial charge is 0.345 e. The molecular weight excluding hydrogens is 335 g/mol. The summed E-state index contributed by atoms with van der Waals surface area (Å²) in [6.07, 6.45) is 5.08. The molecule has 1 aromatic carbocycles. The lowest BCUT2D eigenvalue weighted by Gasteiger charge is -2.09. The van der Waals surface area contributed by atoms with Gasteiger partial charge in [-0.25, -0.2) is 13.9 Å². The van der Waals surface area contributed by atoms with E-state index in [1.165, 1.54) is 22.9 Å².